The average Bonchev–Trinajstić information content (AvgIpc) is 2.99. The van der Waals surface area contributed by atoms with E-state index in [-0.39, 0.29) is 23.6 Å². The molecule has 0 radical (unpaired) electrons. The largest absolute Gasteiger partial charge is 0.453 e. The van der Waals surface area contributed by atoms with Gasteiger partial charge in [-0.3, -0.25) is 4.79 Å². The number of nitrogens with zero attached hydrogens (tertiary/aromatic N) is 1. The number of benzene rings is 2. The summed E-state index contributed by atoms with van der Waals surface area (Å²) in [6.07, 6.45) is 4.21. The Morgan fingerprint density at radius 1 is 1.18 bits per heavy atom. The molecule has 0 spiro atoms. The molecule has 212 valence electrons. The number of aliphatic hydroxyl groups is 1. The van der Waals surface area contributed by atoms with Gasteiger partial charge in [-0.05, 0) is 80.8 Å². The Morgan fingerprint density at radius 2 is 1.95 bits per heavy atom. The van der Waals surface area contributed by atoms with Crippen molar-refractivity contribution >= 4 is 12.0 Å². The third kappa shape index (κ3) is 6.79. The number of amides is 2. The number of hydrogen-bond acceptors (Lipinski definition) is 5. The Bertz CT molecular complexity index is 1140. The molecule has 2 heterocycles. The molecule has 0 saturated carbocycles. The first-order chi connectivity index (χ1) is 18.9. The number of hydrogen-bond donors (Lipinski definition) is 3. The highest BCUT2D eigenvalue weighted by atomic mass is 19.1. The van der Waals surface area contributed by atoms with Gasteiger partial charge >= 0.3 is 6.09 Å². The topological polar surface area (TPSA) is 90.9 Å². The van der Waals surface area contributed by atoms with Crippen molar-refractivity contribution in [3.05, 3.63) is 59.4 Å². The molecular weight excluding hydrogens is 497 g/mol. The van der Waals surface area contributed by atoms with Crippen LogP contribution in [0.5, 0.6) is 0 Å². The van der Waals surface area contributed by atoms with Gasteiger partial charge in [-0.15, -0.1) is 0 Å². The molecule has 0 bridgehead atoms. The van der Waals surface area contributed by atoms with E-state index in [4.69, 9.17) is 0 Å². The molecule has 0 aromatic heterocycles. The molecule has 39 heavy (non-hydrogen) atoms. The number of methoxy groups -OCH3 is 1. The van der Waals surface area contributed by atoms with Gasteiger partial charge in [-0.2, -0.15) is 0 Å². The summed E-state index contributed by atoms with van der Waals surface area (Å²) in [6, 6.07) is 12.7. The molecule has 2 atom stereocenters. The number of ether oxygens (including phenoxy) is 1. The van der Waals surface area contributed by atoms with Gasteiger partial charge in [0.1, 0.15) is 5.82 Å². The van der Waals surface area contributed by atoms with Crippen molar-refractivity contribution in [2.45, 2.75) is 57.5 Å². The molecule has 2 aromatic carbocycles. The number of aryl methyl sites for hydroxylation is 1. The van der Waals surface area contributed by atoms with Crippen molar-refractivity contribution in [2.24, 2.45) is 11.8 Å². The number of rotatable bonds is 9. The molecule has 8 heteroatoms. The maximum Gasteiger partial charge on any atom is 0.406 e. The van der Waals surface area contributed by atoms with Crippen LogP contribution in [-0.4, -0.2) is 61.8 Å². The molecule has 2 aromatic rings. The van der Waals surface area contributed by atoms with Crippen LogP contribution in [0.4, 0.5) is 9.18 Å². The van der Waals surface area contributed by atoms with Crippen LogP contribution < -0.4 is 10.6 Å². The van der Waals surface area contributed by atoms with Crippen molar-refractivity contribution in [1.82, 2.24) is 15.5 Å². The monoisotopic (exact) mass is 539 g/mol. The van der Waals surface area contributed by atoms with E-state index in [0.717, 1.165) is 56.3 Å². The van der Waals surface area contributed by atoms with Crippen LogP contribution in [0.15, 0.2) is 42.5 Å². The van der Waals surface area contributed by atoms with Crippen LogP contribution in [-0.2, 0) is 21.6 Å². The van der Waals surface area contributed by atoms with Gasteiger partial charge < -0.3 is 25.4 Å². The van der Waals surface area contributed by atoms with Crippen LogP contribution in [0, 0.1) is 17.7 Å². The zero-order valence-electron chi connectivity index (χ0n) is 23.2. The predicted molar refractivity (Wildman–Crippen MR) is 150 cm³/mol. The molecule has 3 N–H and O–H groups in total. The smallest absolute Gasteiger partial charge is 0.406 e. The van der Waals surface area contributed by atoms with Crippen molar-refractivity contribution in [1.29, 1.82) is 0 Å². The Labute approximate surface area is 231 Å². The van der Waals surface area contributed by atoms with Crippen LogP contribution >= 0.6 is 0 Å². The number of piperidine rings is 2. The van der Waals surface area contributed by atoms with Gasteiger partial charge in [0.15, 0.2) is 0 Å². The van der Waals surface area contributed by atoms with E-state index >= 15 is 4.39 Å². The third-order valence-electron chi connectivity index (χ3n) is 8.39. The number of carbonyl (C=O) groups excluding carboxylic acids is 2. The first-order valence-electron chi connectivity index (χ1n) is 14.3. The Balaban J connectivity index is 1.68. The minimum absolute atomic E-state index is 0.00358. The van der Waals surface area contributed by atoms with E-state index in [1.807, 2.05) is 35.2 Å². The van der Waals surface area contributed by atoms with Gasteiger partial charge in [0.05, 0.1) is 12.7 Å². The van der Waals surface area contributed by atoms with E-state index in [1.165, 1.54) is 13.2 Å². The molecule has 0 aliphatic carbocycles. The van der Waals surface area contributed by atoms with Crippen molar-refractivity contribution in [3.63, 3.8) is 0 Å². The van der Waals surface area contributed by atoms with E-state index in [1.54, 1.807) is 6.07 Å². The van der Waals surface area contributed by atoms with Crippen LogP contribution in [0.25, 0.3) is 11.1 Å². The normalized spacial score (nSPS) is 19.8. The second-order valence-electron chi connectivity index (χ2n) is 10.8. The number of halogens is 1. The SMILES string of the molecule is CCc1cccc(-c2c(F)cccc2C(O)(CCCNC(=O)OC)[C@@H]2CCCN(C(=O)C3CCNCC3)C2)c1. The van der Waals surface area contributed by atoms with Crippen LogP contribution in [0.1, 0.15) is 56.6 Å². The quantitative estimate of drug-likeness (QED) is 0.405. The number of alkyl carbamates (subject to hydrolysis) is 1. The summed E-state index contributed by atoms with van der Waals surface area (Å²) in [5, 5.41) is 18.6. The van der Waals surface area contributed by atoms with Gasteiger partial charge in [-0.25, -0.2) is 9.18 Å². The fourth-order valence-electron chi connectivity index (χ4n) is 6.20. The third-order valence-corrected chi connectivity index (χ3v) is 8.39. The van der Waals surface area contributed by atoms with Gasteiger partial charge in [-0.1, -0.05) is 43.3 Å². The second kappa shape index (κ2) is 13.4. The summed E-state index contributed by atoms with van der Waals surface area (Å²) < 4.78 is 20.3. The highest BCUT2D eigenvalue weighted by Gasteiger charge is 2.43. The molecule has 2 aliphatic rings. The lowest BCUT2D eigenvalue weighted by molar-refractivity contribution is -0.141. The molecule has 2 aliphatic heterocycles. The standard InChI is InChI=1S/C31H42FN3O4/c1-3-22-8-4-9-24(20-22)28-26(11-5-12-27(28)32)31(38,15-7-16-34-30(37)39-2)25-10-6-19-35(21-25)29(36)23-13-17-33-18-14-23/h4-5,8-9,11-12,20,23,25,33,38H,3,6-7,10,13-19,21H2,1-2H3,(H,34,37)/t25-,31?/m1/s1. The average molecular weight is 540 g/mol. The number of carbonyl (C=O) groups is 2. The molecule has 7 nitrogen and oxygen atoms in total. The second-order valence-corrected chi connectivity index (χ2v) is 10.8. The first-order valence-corrected chi connectivity index (χ1v) is 14.3. The minimum Gasteiger partial charge on any atom is -0.453 e. The van der Waals surface area contributed by atoms with Gasteiger partial charge in [0, 0.05) is 37.0 Å². The predicted octanol–water partition coefficient (Wildman–Crippen LogP) is 4.62. The molecule has 1 unspecified atom stereocenters. The van der Waals surface area contributed by atoms with E-state index < -0.39 is 11.7 Å². The maximum absolute atomic E-state index is 15.6. The lowest BCUT2D eigenvalue weighted by Crippen LogP contribution is -2.50. The van der Waals surface area contributed by atoms with E-state index in [9.17, 15) is 14.7 Å². The Hall–Kier alpha value is -2.97. The Morgan fingerprint density at radius 3 is 2.69 bits per heavy atom. The van der Waals surface area contributed by atoms with Crippen molar-refractivity contribution < 1.29 is 23.8 Å². The van der Waals surface area contributed by atoms with E-state index in [2.05, 4.69) is 22.3 Å². The Kier molecular flexibility index (Phi) is 9.97. The molecule has 2 fully saturated rings. The lowest BCUT2D eigenvalue weighted by atomic mass is 9.72. The maximum atomic E-state index is 15.6. The van der Waals surface area contributed by atoms with Gasteiger partial charge in [0.2, 0.25) is 5.91 Å². The summed E-state index contributed by atoms with van der Waals surface area (Å²) >= 11 is 0. The fraction of sp³-hybridized carbons (Fsp3) is 0.548. The zero-order chi connectivity index (χ0) is 27.8. The highest BCUT2D eigenvalue weighted by Crippen LogP contribution is 2.44. The first kappa shape index (κ1) is 29.0. The molecule has 4 rings (SSSR count). The van der Waals surface area contributed by atoms with Crippen molar-refractivity contribution in [3.8, 4) is 11.1 Å². The zero-order valence-corrected chi connectivity index (χ0v) is 23.2. The minimum atomic E-state index is -1.40. The highest BCUT2D eigenvalue weighted by molar-refractivity contribution is 5.79. The number of nitrogens with one attached hydrogen (secondary N) is 2. The molecular formula is C31H42FN3O4. The lowest BCUT2D eigenvalue weighted by Gasteiger charge is -2.44. The summed E-state index contributed by atoms with van der Waals surface area (Å²) in [7, 11) is 1.31. The van der Waals surface area contributed by atoms with E-state index in [0.29, 0.717) is 43.6 Å². The molecule has 2 amide bonds. The van der Waals surface area contributed by atoms with Crippen molar-refractivity contribution in [2.75, 3.05) is 39.8 Å². The summed E-state index contributed by atoms with van der Waals surface area (Å²) in [6.45, 7) is 5.16. The van der Waals surface area contributed by atoms with Crippen LogP contribution in [0.2, 0.25) is 0 Å². The van der Waals surface area contributed by atoms with Gasteiger partial charge in [0.25, 0.3) is 0 Å². The van der Waals surface area contributed by atoms with Crippen LogP contribution in [0.3, 0.4) is 0 Å². The number of likely N-dealkylation sites (tertiary alicyclic amines) is 1. The summed E-state index contributed by atoms with van der Waals surface area (Å²) in [5.41, 5.74) is 1.36. The summed E-state index contributed by atoms with van der Waals surface area (Å²) in [4.78, 5) is 27.0. The summed E-state index contributed by atoms with van der Waals surface area (Å²) in [5.74, 6) is -0.495. The molecule has 2 saturated heterocycles. The fourth-order valence-corrected chi connectivity index (χ4v) is 6.20.